The van der Waals surface area contributed by atoms with E-state index in [1.807, 2.05) is 30.3 Å². The van der Waals surface area contributed by atoms with Crippen LogP contribution in [0.3, 0.4) is 0 Å². The van der Waals surface area contributed by atoms with E-state index in [1.54, 1.807) is 6.20 Å². The molecule has 0 bridgehead atoms. The molecule has 0 amide bonds. The summed E-state index contributed by atoms with van der Waals surface area (Å²) in [6, 6.07) is 9.33. The summed E-state index contributed by atoms with van der Waals surface area (Å²) in [5.74, 6) is 0. The number of aliphatic hydroxyl groups excluding tert-OH is 4. The van der Waals surface area contributed by atoms with Crippen LogP contribution in [0.25, 0.3) is 11.3 Å². The average molecular weight is 307 g/mol. The fourth-order valence-electron chi connectivity index (χ4n) is 2.44. The van der Waals surface area contributed by atoms with Crippen LogP contribution in [0.1, 0.15) is 6.23 Å². The van der Waals surface area contributed by atoms with Gasteiger partial charge in [0.15, 0.2) is 6.23 Å². The first kappa shape index (κ1) is 15.1. The summed E-state index contributed by atoms with van der Waals surface area (Å²) in [6.45, 7) is -0.484. The van der Waals surface area contributed by atoms with Crippen molar-refractivity contribution in [3.63, 3.8) is 0 Å². The molecule has 5 atom stereocenters. The number of benzene rings is 1. The zero-order chi connectivity index (χ0) is 15.7. The van der Waals surface area contributed by atoms with Crippen molar-refractivity contribution >= 4 is 0 Å². The van der Waals surface area contributed by atoms with Crippen LogP contribution in [0, 0.1) is 0 Å². The van der Waals surface area contributed by atoms with E-state index in [4.69, 9.17) is 4.74 Å². The molecule has 0 spiro atoms. The number of hydrogen-bond donors (Lipinski definition) is 4. The van der Waals surface area contributed by atoms with Gasteiger partial charge in [-0.15, -0.1) is 5.10 Å². The first-order valence-electron chi connectivity index (χ1n) is 6.89. The van der Waals surface area contributed by atoms with E-state index in [1.165, 1.54) is 4.68 Å². The topological polar surface area (TPSA) is 121 Å². The third-order valence-corrected chi connectivity index (χ3v) is 3.71. The van der Waals surface area contributed by atoms with E-state index in [9.17, 15) is 20.4 Å². The molecule has 3 rings (SSSR count). The second kappa shape index (κ2) is 6.11. The predicted molar refractivity (Wildman–Crippen MR) is 74.5 cm³/mol. The molecule has 8 heteroatoms. The van der Waals surface area contributed by atoms with Crippen molar-refractivity contribution < 1.29 is 25.2 Å². The van der Waals surface area contributed by atoms with E-state index in [0.29, 0.717) is 5.69 Å². The summed E-state index contributed by atoms with van der Waals surface area (Å²) < 4.78 is 6.68. The van der Waals surface area contributed by atoms with Crippen molar-refractivity contribution in [1.82, 2.24) is 15.0 Å². The zero-order valence-corrected chi connectivity index (χ0v) is 11.6. The molecule has 8 nitrogen and oxygen atoms in total. The third kappa shape index (κ3) is 2.62. The van der Waals surface area contributed by atoms with Gasteiger partial charge >= 0.3 is 0 Å². The van der Waals surface area contributed by atoms with Gasteiger partial charge in [-0.25, -0.2) is 4.68 Å². The second-order valence-electron chi connectivity index (χ2n) is 5.17. The van der Waals surface area contributed by atoms with E-state index in [0.717, 1.165) is 5.56 Å². The average Bonchev–Trinajstić information content (AvgIpc) is 3.04. The molecule has 0 aliphatic carbocycles. The van der Waals surface area contributed by atoms with Crippen molar-refractivity contribution in [3.8, 4) is 11.3 Å². The first-order chi connectivity index (χ1) is 10.6. The fourth-order valence-corrected chi connectivity index (χ4v) is 2.44. The number of aromatic nitrogens is 3. The largest absolute Gasteiger partial charge is 0.394 e. The summed E-state index contributed by atoms with van der Waals surface area (Å²) in [5.41, 5.74) is 1.43. The number of ether oxygens (including phenoxy) is 1. The number of aliphatic hydroxyl groups is 4. The van der Waals surface area contributed by atoms with Gasteiger partial charge in [0.2, 0.25) is 0 Å². The molecule has 1 saturated heterocycles. The van der Waals surface area contributed by atoms with Crippen molar-refractivity contribution in [1.29, 1.82) is 0 Å². The Hall–Kier alpha value is -1.84. The SMILES string of the molecule is OC[C@H]1O[C@H](n2cc(-c3ccccc3)nn2)[C@H](O)[C@@H](O)[C@@H]1O. The Morgan fingerprint density at radius 1 is 1.05 bits per heavy atom. The van der Waals surface area contributed by atoms with Gasteiger partial charge in [0.25, 0.3) is 0 Å². The Balaban J connectivity index is 1.86. The van der Waals surface area contributed by atoms with Crippen molar-refractivity contribution in [3.05, 3.63) is 36.5 Å². The number of rotatable bonds is 3. The van der Waals surface area contributed by atoms with Gasteiger partial charge in [-0.05, 0) is 0 Å². The minimum Gasteiger partial charge on any atom is -0.394 e. The van der Waals surface area contributed by atoms with E-state index >= 15 is 0 Å². The minimum atomic E-state index is -1.44. The van der Waals surface area contributed by atoms with E-state index < -0.39 is 37.3 Å². The summed E-state index contributed by atoms with van der Waals surface area (Å²) in [4.78, 5) is 0. The molecular formula is C14H17N3O5. The molecule has 1 aliphatic heterocycles. The Bertz CT molecular complexity index is 618. The molecular weight excluding hydrogens is 290 g/mol. The summed E-state index contributed by atoms with van der Waals surface area (Å²) in [5, 5.41) is 46.7. The highest BCUT2D eigenvalue weighted by Crippen LogP contribution is 2.28. The van der Waals surface area contributed by atoms with Crippen LogP contribution in [0.15, 0.2) is 36.5 Å². The van der Waals surface area contributed by atoms with Gasteiger partial charge in [-0.1, -0.05) is 35.5 Å². The molecule has 22 heavy (non-hydrogen) atoms. The molecule has 0 unspecified atom stereocenters. The fraction of sp³-hybridized carbons (Fsp3) is 0.429. The first-order valence-corrected chi connectivity index (χ1v) is 6.89. The summed E-state index contributed by atoms with van der Waals surface area (Å²) in [6.07, 6.45) is -4.67. The smallest absolute Gasteiger partial charge is 0.180 e. The van der Waals surface area contributed by atoms with E-state index in [2.05, 4.69) is 10.3 Å². The van der Waals surface area contributed by atoms with Gasteiger partial charge < -0.3 is 25.2 Å². The molecule has 1 aromatic heterocycles. The molecule has 118 valence electrons. The van der Waals surface area contributed by atoms with Crippen molar-refractivity contribution in [2.75, 3.05) is 6.61 Å². The molecule has 1 fully saturated rings. The van der Waals surface area contributed by atoms with Crippen LogP contribution >= 0.6 is 0 Å². The van der Waals surface area contributed by atoms with Gasteiger partial charge in [0.05, 0.1) is 12.8 Å². The van der Waals surface area contributed by atoms with Gasteiger partial charge in [0, 0.05) is 5.56 Å². The molecule has 0 saturated carbocycles. The standard InChI is InChI=1S/C14H17N3O5/c18-7-10-11(19)12(20)13(21)14(22-10)17-6-9(15-16-17)8-4-2-1-3-5-8/h1-6,10-14,18-21H,7H2/t10-,11-,12+,13-,14+/m1/s1. The lowest BCUT2D eigenvalue weighted by Gasteiger charge is -2.39. The van der Waals surface area contributed by atoms with Crippen LogP contribution in [-0.4, -0.2) is 66.4 Å². The monoisotopic (exact) mass is 307 g/mol. The number of nitrogens with zero attached hydrogens (tertiary/aromatic N) is 3. The van der Waals surface area contributed by atoms with Crippen LogP contribution in [0.4, 0.5) is 0 Å². The van der Waals surface area contributed by atoms with Gasteiger partial charge in [-0.2, -0.15) is 0 Å². The van der Waals surface area contributed by atoms with Gasteiger partial charge in [-0.3, -0.25) is 0 Å². The lowest BCUT2D eigenvalue weighted by molar-refractivity contribution is -0.254. The molecule has 2 heterocycles. The lowest BCUT2D eigenvalue weighted by atomic mass is 9.98. The Morgan fingerprint density at radius 2 is 1.77 bits per heavy atom. The maximum Gasteiger partial charge on any atom is 0.180 e. The van der Waals surface area contributed by atoms with Gasteiger partial charge in [0.1, 0.15) is 30.1 Å². The Labute approximate surface area is 126 Å². The normalized spacial score (nSPS) is 32.1. The minimum absolute atomic E-state index is 0.484. The maximum absolute atomic E-state index is 10.0. The highest BCUT2D eigenvalue weighted by molar-refractivity contribution is 5.57. The van der Waals surface area contributed by atoms with Crippen molar-refractivity contribution in [2.24, 2.45) is 0 Å². The maximum atomic E-state index is 10.0. The predicted octanol–water partition coefficient (Wildman–Crippen LogP) is -1.08. The zero-order valence-electron chi connectivity index (χ0n) is 11.6. The highest BCUT2D eigenvalue weighted by Gasteiger charge is 2.44. The van der Waals surface area contributed by atoms with Crippen LogP contribution in [0.2, 0.25) is 0 Å². The Kier molecular flexibility index (Phi) is 4.19. The highest BCUT2D eigenvalue weighted by atomic mass is 16.6. The van der Waals surface area contributed by atoms with Crippen LogP contribution < -0.4 is 0 Å². The summed E-state index contributed by atoms with van der Waals surface area (Å²) >= 11 is 0. The molecule has 4 N–H and O–H groups in total. The quantitative estimate of drug-likeness (QED) is 0.569. The van der Waals surface area contributed by atoms with E-state index in [-0.39, 0.29) is 0 Å². The molecule has 1 aromatic carbocycles. The van der Waals surface area contributed by atoms with Crippen LogP contribution in [0.5, 0.6) is 0 Å². The number of hydrogen-bond acceptors (Lipinski definition) is 7. The summed E-state index contributed by atoms with van der Waals surface area (Å²) in [7, 11) is 0. The van der Waals surface area contributed by atoms with Crippen LogP contribution in [-0.2, 0) is 4.74 Å². The molecule has 2 aromatic rings. The Morgan fingerprint density at radius 3 is 2.45 bits per heavy atom. The lowest BCUT2D eigenvalue weighted by Crippen LogP contribution is -2.56. The van der Waals surface area contributed by atoms with Crippen molar-refractivity contribution in [2.45, 2.75) is 30.6 Å². The third-order valence-electron chi connectivity index (χ3n) is 3.71. The molecule has 1 aliphatic rings. The second-order valence-corrected chi connectivity index (χ2v) is 5.17. The molecule has 0 radical (unpaired) electrons.